The minimum Gasteiger partial charge on any atom is -0.349 e. The fourth-order valence-electron chi connectivity index (χ4n) is 3.09. The molecule has 128 valence electrons. The second-order valence-corrected chi connectivity index (χ2v) is 6.54. The zero-order valence-corrected chi connectivity index (χ0v) is 14.4. The van der Waals surface area contributed by atoms with Crippen LogP contribution in [0.15, 0.2) is 16.9 Å². The largest absolute Gasteiger partial charge is 0.349 e. The van der Waals surface area contributed by atoms with Crippen LogP contribution in [0.1, 0.15) is 50.5 Å². The Hall–Kier alpha value is -1.69. The zero-order chi connectivity index (χ0) is 16.8. The van der Waals surface area contributed by atoms with Gasteiger partial charge in [-0.15, -0.1) is 0 Å². The summed E-state index contributed by atoms with van der Waals surface area (Å²) in [6.07, 6.45) is 3.28. The summed E-state index contributed by atoms with van der Waals surface area (Å²) in [5.74, 6) is 0.273. The smallest absolute Gasteiger partial charge is 0.271 e. The van der Waals surface area contributed by atoms with Gasteiger partial charge >= 0.3 is 0 Å². The lowest BCUT2D eigenvalue weighted by molar-refractivity contribution is 0.0919. The molecular formula is C17H28N4O2. The fraction of sp³-hybridized carbons (Fsp3) is 0.706. The van der Waals surface area contributed by atoms with Crippen molar-refractivity contribution in [3.05, 3.63) is 28.2 Å². The third-order valence-electron chi connectivity index (χ3n) is 4.39. The first-order valence-electron chi connectivity index (χ1n) is 8.63. The molecule has 2 heterocycles. The Morgan fingerprint density at radius 1 is 1.30 bits per heavy atom. The van der Waals surface area contributed by atoms with Crippen LogP contribution in [-0.4, -0.2) is 46.3 Å². The van der Waals surface area contributed by atoms with Crippen molar-refractivity contribution in [2.24, 2.45) is 5.92 Å². The molecule has 1 aromatic rings. The first-order valence-corrected chi connectivity index (χ1v) is 8.63. The number of carbonyl (C=O) groups is 1. The van der Waals surface area contributed by atoms with Gasteiger partial charge in [0.15, 0.2) is 0 Å². The van der Waals surface area contributed by atoms with Gasteiger partial charge in [-0.2, -0.15) is 5.10 Å². The standard InChI is InChI=1S/C17H28N4O2/c1-4-9-21-16(22)8-7-14(19-21)17(23)18-12-15(13(2)3)20-10-5-6-11-20/h7-8,13,15H,4-6,9-12H2,1-3H3,(H,18,23). The van der Waals surface area contributed by atoms with E-state index in [0.29, 0.717) is 30.7 Å². The highest BCUT2D eigenvalue weighted by Crippen LogP contribution is 2.17. The van der Waals surface area contributed by atoms with E-state index >= 15 is 0 Å². The summed E-state index contributed by atoms with van der Waals surface area (Å²) in [7, 11) is 0. The van der Waals surface area contributed by atoms with E-state index in [9.17, 15) is 9.59 Å². The number of amides is 1. The Balaban J connectivity index is 2.00. The van der Waals surface area contributed by atoms with Gasteiger partial charge in [-0.3, -0.25) is 14.5 Å². The lowest BCUT2D eigenvalue weighted by Gasteiger charge is -2.30. The topological polar surface area (TPSA) is 67.2 Å². The van der Waals surface area contributed by atoms with E-state index in [1.807, 2.05) is 6.92 Å². The normalized spacial score (nSPS) is 16.7. The van der Waals surface area contributed by atoms with Crippen molar-refractivity contribution in [1.82, 2.24) is 20.0 Å². The van der Waals surface area contributed by atoms with E-state index in [1.54, 1.807) is 0 Å². The number of likely N-dealkylation sites (tertiary alicyclic amines) is 1. The lowest BCUT2D eigenvalue weighted by atomic mass is 10.0. The Labute approximate surface area is 137 Å². The van der Waals surface area contributed by atoms with Gasteiger partial charge in [-0.05, 0) is 44.3 Å². The monoisotopic (exact) mass is 320 g/mol. The number of carbonyl (C=O) groups excluding carboxylic acids is 1. The van der Waals surface area contributed by atoms with Crippen LogP contribution in [0.2, 0.25) is 0 Å². The van der Waals surface area contributed by atoms with Crippen molar-refractivity contribution in [2.45, 2.75) is 52.6 Å². The number of hydrogen-bond acceptors (Lipinski definition) is 4. The fourth-order valence-corrected chi connectivity index (χ4v) is 3.09. The number of rotatable bonds is 7. The van der Waals surface area contributed by atoms with E-state index in [1.165, 1.54) is 29.7 Å². The summed E-state index contributed by atoms with van der Waals surface area (Å²) in [6, 6.07) is 3.27. The van der Waals surface area contributed by atoms with E-state index in [4.69, 9.17) is 0 Å². The molecule has 23 heavy (non-hydrogen) atoms. The summed E-state index contributed by atoms with van der Waals surface area (Å²) >= 11 is 0. The van der Waals surface area contributed by atoms with Crippen molar-refractivity contribution < 1.29 is 4.79 Å². The molecule has 0 radical (unpaired) electrons. The van der Waals surface area contributed by atoms with Crippen LogP contribution in [0.5, 0.6) is 0 Å². The van der Waals surface area contributed by atoms with Gasteiger partial charge in [0.25, 0.3) is 11.5 Å². The first kappa shape index (κ1) is 17.7. The molecule has 1 aromatic heterocycles. The van der Waals surface area contributed by atoms with Crippen molar-refractivity contribution in [3.8, 4) is 0 Å². The van der Waals surface area contributed by atoms with Gasteiger partial charge < -0.3 is 5.32 Å². The van der Waals surface area contributed by atoms with E-state index in [-0.39, 0.29) is 11.5 Å². The third-order valence-corrected chi connectivity index (χ3v) is 4.39. The maximum absolute atomic E-state index is 12.3. The van der Waals surface area contributed by atoms with Crippen molar-refractivity contribution >= 4 is 5.91 Å². The highest BCUT2D eigenvalue weighted by molar-refractivity contribution is 5.92. The Morgan fingerprint density at radius 2 is 2.00 bits per heavy atom. The summed E-state index contributed by atoms with van der Waals surface area (Å²) in [4.78, 5) is 26.5. The van der Waals surface area contributed by atoms with Crippen LogP contribution in [0.4, 0.5) is 0 Å². The van der Waals surface area contributed by atoms with Gasteiger partial charge in [0, 0.05) is 25.2 Å². The van der Waals surface area contributed by atoms with E-state index in [2.05, 4.69) is 29.2 Å². The zero-order valence-electron chi connectivity index (χ0n) is 14.4. The highest BCUT2D eigenvalue weighted by atomic mass is 16.2. The van der Waals surface area contributed by atoms with E-state index < -0.39 is 0 Å². The predicted octanol–water partition coefficient (Wildman–Crippen LogP) is 1.50. The molecular weight excluding hydrogens is 292 g/mol. The minimum atomic E-state index is -0.209. The molecule has 0 aromatic carbocycles. The summed E-state index contributed by atoms with van der Waals surface area (Å²) in [5, 5.41) is 7.15. The molecule has 6 heteroatoms. The molecule has 2 rings (SSSR count). The summed E-state index contributed by atoms with van der Waals surface area (Å²) < 4.78 is 1.36. The predicted molar refractivity (Wildman–Crippen MR) is 90.6 cm³/mol. The van der Waals surface area contributed by atoms with Gasteiger partial charge in [-0.25, -0.2) is 4.68 Å². The molecule has 0 spiro atoms. The van der Waals surface area contributed by atoms with Crippen LogP contribution < -0.4 is 10.9 Å². The van der Waals surface area contributed by atoms with Crippen molar-refractivity contribution in [3.63, 3.8) is 0 Å². The van der Waals surface area contributed by atoms with Gasteiger partial charge in [0.2, 0.25) is 0 Å². The second kappa shape index (κ2) is 8.24. The number of hydrogen-bond donors (Lipinski definition) is 1. The number of aromatic nitrogens is 2. The SMILES string of the molecule is CCCn1nc(C(=O)NCC(C(C)C)N2CCCC2)ccc1=O. The molecule has 0 aliphatic carbocycles. The van der Waals surface area contributed by atoms with Crippen LogP contribution in [0.25, 0.3) is 0 Å². The van der Waals surface area contributed by atoms with Gasteiger partial charge in [-0.1, -0.05) is 20.8 Å². The molecule has 1 saturated heterocycles. The molecule has 0 saturated carbocycles. The lowest BCUT2D eigenvalue weighted by Crippen LogP contribution is -2.46. The maximum atomic E-state index is 12.3. The van der Waals surface area contributed by atoms with Crippen LogP contribution >= 0.6 is 0 Å². The Kier molecular flexibility index (Phi) is 6.33. The quantitative estimate of drug-likeness (QED) is 0.827. The average molecular weight is 320 g/mol. The highest BCUT2D eigenvalue weighted by Gasteiger charge is 2.25. The average Bonchev–Trinajstić information content (AvgIpc) is 3.03. The van der Waals surface area contributed by atoms with Gasteiger partial charge in [0.05, 0.1) is 0 Å². The molecule has 1 aliphatic heterocycles. The second-order valence-electron chi connectivity index (χ2n) is 6.54. The molecule has 1 fully saturated rings. The molecule has 1 atom stereocenters. The molecule has 1 N–H and O–H groups in total. The molecule has 1 aliphatic rings. The van der Waals surface area contributed by atoms with Crippen LogP contribution in [0.3, 0.4) is 0 Å². The third kappa shape index (κ3) is 4.64. The number of aryl methyl sites for hydroxylation is 1. The first-order chi connectivity index (χ1) is 11.0. The van der Waals surface area contributed by atoms with Crippen molar-refractivity contribution in [2.75, 3.05) is 19.6 Å². The number of nitrogens with one attached hydrogen (secondary N) is 1. The van der Waals surface area contributed by atoms with E-state index in [0.717, 1.165) is 19.5 Å². The Bertz CT molecular complexity index is 576. The maximum Gasteiger partial charge on any atom is 0.271 e. The summed E-state index contributed by atoms with van der Waals surface area (Å²) in [5.41, 5.74) is 0.141. The van der Waals surface area contributed by atoms with Crippen molar-refractivity contribution in [1.29, 1.82) is 0 Å². The van der Waals surface area contributed by atoms with Crippen LogP contribution in [0, 0.1) is 5.92 Å². The summed E-state index contributed by atoms with van der Waals surface area (Å²) in [6.45, 7) is 9.72. The molecule has 1 unspecified atom stereocenters. The minimum absolute atomic E-state index is 0.166. The molecule has 1 amide bonds. The molecule has 0 bridgehead atoms. The number of nitrogens with zero attached hydrogens (tertiary/aromatic N) is 3. The van der Waals surface area contributed by atoms with Gasteiger partial charge in [0.1, 0.15) is 5.69 Å². The molecule has 6 nitrogen and oxygen atoms in total. The van der Waals surface area contributed by atoms with Crippen LogP contribution in [-0.2, 0) is 6.54 Å². The Morgan fingerprint density at radius 3 is 2.61 bits per heavy atom.